The number of nitrogens with one attached hydrogen (secondary N) is 4. The Morgan fingerprint density at radius 3 is 2.76 bits per heavy atom. The van der Waals surface area contributed by atoms with Crippen LogP contribution in [0.25, 0.3) is 5.65 Å². The minimum absolute atomic E-state index is 0.396. The number of nitrogen functional groups attached to an aromatic ring is 1. The summed E-state index contributed by atoms with van der Waals surface area (Å²) in [6, 6.07) is 8.11. The predicted octanol–water partition coefficient (Wildman–Crippen LogP) is 3.34. The Hall–Kier alpha value is -3.93. The molecule has 1 unspecified atom stereocenters. The van der Waals surface area contributed by atoms with Crippen LogP contribution in [0.15, 0.2) is 30.5 Å². The molecule has 12 nitrogen and oxygen atoms in total. The number of aliphatic hydroxyl groups excluding tert-OH is 1. The van der Waals surface area contributed by atoms with Crippen LogP contribution in [-0.4, -0.2) is 63.8 Å². The molecule has 0 radical (unpaired) electrons. The van der Waals surface area contributed by atoms with E-state index in [-0.39, 0.29) is 0 Å². The van der Waals surface area contributed by atoms with Crippen molar-refractivity contribution in [2.45, 2.75) is 58.4 Å². The number of carbonyl (C=O) groups excluding carboxylic acids is 1. The maximum Gasteiger partial charge on any atom is 0.407 e. The number of rotatable bonds is 10. The van der Waals surface area contributed by atoms with E-state index in [0.29, 0.717) is 36.3 Å². The SMILES string of the molecule is CC(O)Nc1cc(Nc2cc(NC3CC3)n3ncc(N)c3n2)ccc1N(C)CCNC(=O)OC(C)(C)C. The van der Waals surface area contributed by atoms with Crippen molar-refractivity contribution in [3.8, 4) is 0 Å². The summed E-state index contributed by atoms with van der Waals surface area (Å²) in [4.78, 5) is 18.6. The van der Waals surface area contributed by atoms with Crippen molar-refractivity contribution in [2.75, 3.05) is 46.7 Å². The highest BCUT2D eigenvalue weighted by Crippen LogP contribution is 2.32. The Bertz CT molecular complexity index is 1250. The molecule has 1 aliphatic carbocycles. The minimum Gasteiger partial charge on any atom is -0.444 e. The number of alkyl carbamates (subject to hydrolysis) is 1. The van der Waals surface area contributed by atoms with E-state index >= 15 is 0 Å². The summed E-state index contributed by atoms with van der Waals surface area (Å²) in [7, 11) is 1.92. The number of hydrogen-bond acceptors (Lipinski definition) is 10. The summed E-state index contributed by atoms with van der Waals surface area (Å²) >= 11 is 0. The highest BCUT2D eigenvalue weighted by Gasteiger charge is 2.23. The normalized spacial score (nSPS) is 14.2. The van der Waals surface area contributed by atoms with Gasteiger partial charge in [0.2, 0.25) is 0 Å². The maximum atomic E-state index is 12.0. The Kier molecular flexibility index (Phi) is 7.48. The van der Waals surface area contributed by atoms with Crippen LogP contribution in [0.5, 0.6) is 0 Å². The highest BCUT2D eigenvalue weighted by molar-refractivity contribution is 5.78. The Morgan fingerprint density at radius 2 is 2.08 bits per heavy atom. The summed E-state index contributed by atoms with van der Waals surface area (Å²) in [6.45, 7) is 8.06. The molecule has 1 saturated carbocycles. The summed E-state index contributed by atoms with van der Waals surface area (Å²) in [5, 5.41) is 27.0. The number of benzene rings is 1. The van der Waals surface area contributed by atoms with Gasteiger partial charge in [-0.15, -0.1) is 0 Å². The molecule has 1 amide bonds. The first-order chi connectivity index (χ1) is 17.5. The maximum absolute atomic E-state index is 12.0. The third kappa shape index (κ3) is 7.06. The van der Waals surface area contributed by atoms with Gasteiger partial charge < -0.3 is 41.7 Å². The first-order valence-corrected chi connectivity index (χ1v) is 12.4. The summed E-state index contributed by atoms with van der Waals surface area (Å²) in [5.74, 6) is 1.44. The van der Waals surface area contributed by atoms with Crippen molar-refractivity contribution >= 4 is 46.1 Å². The molecule has 0 bridgehead atoms. The second-order valence-electron chi connectivity index (χ2n) is 10.3. The van der Waals surface area contributed by atoms with Gasteiger partial charge in [-0.05, 0) is 58.7 Å². The number of ether oxygens (including phenoxy) is 1. The summed E-state index contributed by atoms with van der Waals surface area (Å²) in [6.07, 6.45) is 2.62. The molecule has 3 aromatic rings. The second kappa shape index (κ2) is 10.6. The smallest absolute Gasteiger partial charge is 0.407 e. The fourth-order valence-corrected chi connectivity index (χ4v) is 3.78. The first-order valence-electron chi connectivity index (χ1n) is 12.4. The third-order valence-electron chi connectivity index (χ3n) is 5.59. The molecule has 12 heteroatoms. The van der Waals surface area contributed by atoms with E-state index in [1.54, 1.807) is 17.6 Å². The number of hydrogen-bond donors (Lipinski definition) is 6. The quantitative estimate of drug-likeness (QED) is 0.223. The van der Waals surface area contributed by atoms with Gasteiger partial charge in [-0.3, -0.25) is 0 Å². The van der Waals surface area contributed by atoms with E-state index in [9.17, 15) is 9.90 Å². The summed E-state index contributed by atoms with van der Waals surface area (Å²) < 4.78 is 7.00. The Labute approximate surface area is 216 Å². The number of aliphatic hydroxyl groups is 1. The predicted molar refractivity (Wildman–Crippen MR) is 147 cm³/mol. The Morgan fingerprint density at radius 1 is 1.32 bits per heavy atom. The van der Waals surface area contributed by atoms with Crippen LogP contribution < -0.4 is 31.9 Å². The molecule has 0 spiro atoms. The van der Waals surface area contributed by atoms with Crippen molar-refractivity contribution in [3.63, 3.8) is 0 Å². The van der Waals surface area contributed by atoms with E-state index < -0.39 is 17.9 Å². The molecule has 37 heavy (non-hydrogen) atoms. The lowest BCUT2D eigenvalue weighted by Crippen LogP contribution is -2.37. The molecule has 1 fully saturated rings. The van der Waals surface area contributed by atoms with Crippen molar-refractivity contribution in [2.24, 2.45) is 0 Å². The van der Waals surface area contributed by atoms with Gasteiger partial charge in [0.15, 0.2) is 5.65 Å². The highest BCUT2D eigenvalue weighted by atomic mass is 16.6. The number of nitrogens with two attached hydrogens (primary N) is 1. The van der Waals surface area contributed by atoms with Gasteiger partial charge in [0, 0.05) is 37.9 Å². The van der Waals surface area contributed by atoms with Crippen LogP contribution in [0.3, 0.4) is 0 Å². The lowest BCUT2D eigenvalue weighted by Gasteiger charge is -2.25. The fraction of sp³-hybridized carbons (Fsp3) is 0.480. The number of aromatic nitrogens is 3. The standard InChI is InChI=1S/C25H37N9O3/c1-15(35)29-19-12-17(8-9-20(19)33(5)11-10-27-24(36)37-25(2,3)4)30-21-13-22(31-16-6-7-16)34-23(32-21)18(26)14-28-34/h8-9,12-16,29,31,35H,6-7,10-11,26H2,1-5H3,(H,27,36)(H,30,32). The molecule has 7 N–H and O–H groups in total. The average Bonchev–Trinajstić information content (AvgIpc) is 3.53. The third-order valence-corrected chi connectivity index (χ3v) is 5.59. The largest absolute Gasteiger partial charge is 0.444 e. The van der Waals surface area contributed by atoms with Gasteiger partial charge in [-0.1, -0.05) is 0 Å². The molecule has 4 rings (SSSR count). The van der Waals surface area contributed by atoms with Gasteiger partial charge >= 0.3 is 6.09 Å². The van der Waals surface area contributed by atoms with Crippen molar-refractivity contribution in [1.29, 1.82) is 0 Å². The topological polar surface area (TPSA) is 154 Å². The molecule has 1 aromatic carbocycles. The van der Waals surface area contributed by atoms with Crippen LogP contribution in [0.2, 0.25) is 0 Å². The number of carbonyl (C=O) groups is 1. The van der Waals surface area contributed by atoms with Crippen LogP contribution >= 0.6 is 0 Å². The van der Waals surface area contributed by atoms with Gasteiger partial charge in [0.1, 0.15) is 23.5 Å². The van der Waals surface area contributed by atoms with E-state index in [0.717, 1.165) is 35.7 Å². The zero-order chi connectivity index (χ0) is 26.7. The van der Waals surface area contributed by atoms with Crippen molar-refractivity contribution in [3.05, 3.63) is 30.5 Å². The van der Waals surface area contributed by atoms with E-state index in [1.807, 2.05) is 57.0 Å². The number of nitrogens with zero attached hydrogens (tertiary/aromatic N) is 4. The molecule has 2 heterocycles. The molecular weight excluding hydrogens is 474 g/mol. The molecule has 1 aliphatic rings. The summed E-state index contributed by atoms with van der Waals surface area (Å²) in [5.41, 5.74) is 8.97. The fourth-order valence-electron chi connectivity index (χ4n) is 3.78. The number of amides is 1. The number of anilines is 6. The first kappa shape index (κ1) is 26.1. The van der Waals surface area contributed by atoms with Gasteiger partial charge in [0.25, 0.3) is 0 Å². The van der Waals surface area contributed by atoms with E-state index in [2.05, 4.69) is 31.3 Å². The van der Waals surface area contributed by atoms with Crippen LogP contribution in [0.4, 0.5) is 39.2 Å². The molecule has 200 valence electrons. The molecule has 1 atom stereocenters. The zero-order valence-electron chi connectivity index (χ0n) is 22.0. The molecule has 0 saturated heterocycles. The number of likely N-dealkylation sites (N-methyl/N-ethyl adjacent to an activating group) is 1. The van der Waals surface area contributed by atoms with Crippen LogP contribution in [-0.2, 0) is 4.74 Å². The van der Waals surface area contributed by atoms with Crippen LogP contribution in [0.1, 0.15) is 40.5 Å². The molecule has 0 aliphatic heterocycles. The lowest BCUT2D eigenvalue weighted by atomic mass is 10.2. The van der Waals surface area contributed by atoms with Crippen molar-refractivity contribution in [1.82, 2.24) is 19.9 Å². The molecular formula is C25H37N9O3. The lowest BCUT2D eigenvalue weighted by molar-refractivity contribution is 0.0529. The number of fused-ring (bicyclic) bond motifs is 1. The van der Waals surface area contributed by atoms with E-state index in [1.165, 1.54) is 0 Å². The zero-order valence-corrected chi connectivity index (χ0v) is 22.0. The van der Waals surface area contributed by atoms with E-state index in [4.69, 9.17) is 10.5 Å². The van der Waals surface area contributed by atoms with Gasteiger partial charge in [-0.25, -0.2) is 9.78 Å². The Balaban J connectivity index is 1.50. The van der Waals surface area contributed by atoms with Crippen molar-refractivity contribution < 1.29 is 14.6 Å². The average molecular weight is 512 g/mol. The van der Waals surface area contributed by atoms with Crippen LogP contribution in [0, 0.1) is 0 Å². The second-order valence-corrected chi connectivity index (χ2v) is 10.3. The van der Waals surface area contributed by atoms with Gasteiger partial charge in [0.05, 0.1) is 23.3 Å². The van der Waals surface area contributed by atoms with Gasteiger partial charge in [-0.2, -0.15) is 9.61 Å². The minimum atomic E-state index is -0.766. The monoisotopic (exact) mass is 511 g/mol. The molecule has 2 aromatic heterocycles.